The monoisotopic (exact) mass is 382 g/mol. The predicted octanol–water partition coefficient (Wildman–Crippen LogP) is 2.97. The van der Waals surface area contributed by atoms with Crippen molar-refractivity contribution in [2.45, 2.75) is 26.2 Å². The Kier molecular flexibility index (Phi) is 8.88. The second-order valence-corrected chi connectivity index (χ2v) is 7.00. The molecule has 7 heteroatoms. The first-order chi connectivity index (χ1) is 11.9. The number of amides is 3. The van der Waals surface area contributed by atoms with Crippen LogP contribution in [-0.4, -0.2) is 62.5 Å². The maximum Gasteiger partial charge on any atom is 0.321 e. The van der Waals surface area contributed by atoms with Crippen molar-refractivity contribution in [2.75, 3.05) is 46.1 Å². The van der Waals surface area contributed by atoms with E-state index in [-0.39, 0.29) is 24.3 Å². The van der Waals surface area contributed by atoms with Crippen molar-refractivity contribution in [1.82, 2.24) is 15.1 Å². The average Bonchev–Trinajstić information content (AvgIpc) is 2.61. The molecule has 0 saturated carbocycles. The average molecular weight is 383 g/mol. The molecule has 1 aliphatic heterocycles. The van der Waals surface area contributed by atoms with Crippen LogP contribution in [0.4, 0.5) is 10.5 Å². The summed E-state index contributed by atoms with van der Waals surface area (Å²) < 4.78 is 0. The van der Waals surface area contributed by atoms with Gasteiger partial charge in [0, 0.05) is 27.2 Å². The highest BCUT2D eigenvalue weighted by Crippen LogP contribution is 2.25. The highest BCUT2D eigenvalue weighted by atomic mass is 35.5. The van der Waals surface area contributed by atoms with Gasteiger partial charge in [-0.1, -0.05) is 11.6 Å². The van der Waals surface area contributed by atoms with Crippen molar-refractivity contribution in [3.8, 4) is 0 Å². The first-order valence-corrected chi connectivity index (χ1v) is 8.95. The Balaban J connectivity index is 0.00000338. The summed E-state index contributed by atoms with van der Waals surface area (Å²) in [7, 11) is 5.34. The van der Waals surface area contributed by atoms with Crippen LogP contribution in [-0.2, 0) is 0 Å². The number of likely N-dealkylation sites (tertiary alicyclic amines) is 1. The second-order valence-electron chi connectivity index (χ2n) is 7.00. The molecule has 6 nitrogen and oxygen atoms in total. The number of nitrogens with zero attached hydrogens (tertiary/aromatic N) is 2. The van der Waals surface area contributed by atoms with Gasteiger partial charge in [-0.25, -0.2) is 4.79 Å². The number of rotatable bonds is 5. The van der Waals surface area contributed by atoms with Crippen LogP contribution in [0.15, 0.2) is 18.2 Å². The van der Waals surface area contributed by atoms with Crippen LogP contribution < -0.4 is 10.6 Å². The summed E-state index contributed by atoms with van der Waals surface area (Å²) in [4.78, 5) is 28.3. The molecule has 146 valence electrons. The number of hydrogen-bond donors (Lipinski definition) is 2. The molecule has 2 rings (SSSR count). The van der Waals surface area contributed by atoms with E-state index in [1.807, 2.05) is 37.1 Å². The molecule has 0 spiro atoms. The van der Waals surface area contributed by atoms with E-state index in [1.165, 1.54) is 4.90 Å². The Morgan fingerprint density at radius 1 is 1.23 bits per heavy atom. The Morgan fingerprint density at radius 2 is 1.88 bits per heavy atom. The number of nitrogens with one attached hydrogen (secondary N) is 2. The summed E-state index contributed by atoms with van der Waals surface area (Å²) in [5.74, 6) is 0.687. The highest BCUT2D eigenvalue weighted by Gasteiger charge is 2.25. The maximum atomic E-state index is 13.0. The number of urea groups is 1. The van der Waals surface area contributed by atoms with Crippen molar-refractivity contribution in [3.05, 3.63) is 29.3 Å². The molecule has 0 unspecified atom stereocenters. The molecule has 26 heavy (non-hydrogen) atoms. The number of aryl methyl sites for hydroxylation is 1. The van der Waals surface area contributed by atoms with Gasteiger partial charge in [0.25, 0.3) is 5.91 Å². The van der Waals surface area contributed by atoms with Gasteiger partial charge in [-0.15, -0.1) is 12.4 Å². The highest BCUT2D eigenvalue weighted by molar-refractivity contribution is 6.03. The van der Waals surface area contributed by atoms with E-state index in [4.69, 9.17) is 0 Å². The molecule has 1 heterocycles. The lowest BCUT2D eigenvalue weighted by atomic mass is 9.93. The molecular formula is C19H31ClN4O2. The van der Waals surface area contributed by atoms with Gasteiger partial charge in [-0.05, 0) is 57.8 Å². The molecule has 1 aromatic carbocycles. The normalized spacial score (nSPS) is 14.5. The summed E-state index contributed by atoms with van der Waals surface area (Å²) in [5.41, 5.74) is 2.16. The lowest BCUT2D eigenvalue weighted by Crippen LogP contribution is -2.39. The fourth-order valence-corrected chi connectivity index (χ4v) is 3.11. The van der Waals surface area contributed by atoms with E-state index >= 15 is 0 Å². The smallest absolute Gasteiger partial charge is 0.321 e. The maximum absolute atomic E-state index is 13.0. The van der Waals surface area contributed by atoms with Crippen molar-refractivity contribution in [1.29, 1.82) is 0 Å². The first-order valence-electron chi connectivity index (χ1n) is 8.95. The zero-order chi connectivity index (χ0) is 18.4. The van der Waals surface area contributed by atoms with Crippen LogP contribution in [0.2, 0.25) is 0 Å². The summed E-state index contributed by atoms with van der Waals surface area (Å²) in [5, 5.41) is 6.02. The van der Waals surface area contributed by atoms with Gasteiger partial charge in [0.1, 0.15) is 0 Å². The van der Waals surface area contributed by atoms with E-state index in [9.17, 15) is 9.59 Å². The Labute approximate surface area is 162 Å². The predicted molar refractivity (Wildman–Crippen MR) is 108 cm³/mol. The van der Waals surface area contributed by atoms with Gasteiger partial charge in [0.15, 0.2) is 0 Å². The van der Waals surface area contributed by atoms with Crippen LogP contribution in [0.1, 0.15) is 35.2 Å². The van der Waals surface area contributed by atoms with Gasteiger partial charge in [0.2, 0.25) is 0 Å². The number of carbonyl (C=O) groups excluding carboxylic acids is 2. The number of anilines is 1. The molecule has 1 fully saturated rings. The number of halogens is 1. The minimum absolute atomic E-state index is 0. The van der Waals surface area contributed by atoms with E-state index in [0.717, 1.165) is 44.5 Å². The molecule has 1 aliphatic rings. The third kappa shape index (κ3) is 5.88. The third-order valence-electron chi connectivity index (χ3n) is 4.76. The molecular weight excluding hydrogens is 352 g/mol. The molecule has 0 radical (unpaired) electrons. The largest absolute Gasteiger partial charge is 0.339 e. The molecule has 1 saturated heterocycles. The van der Waals surface area contributed by atoms with Gasteiger partial charge < -0.3 is 20.4 Å². The lowest BCUT2D eigenvalue weighted by Gasteiger charge is -2.32. The van der Waals surface area contributed by atoms with Gasteiger partial charge in [-0.2, -0.15) is 0 Å². The van der Waals surface area contributed by atoms with E-state index in [0.29, 0.717) is 17.2 Å². The molecule has 2 N–H and O–H groups in total. The fourth-order valence-electron chi connectivity index (χ4n) is 3.11. The Hall–Kier alpha value is -1.79. The van der Waals surface area contributed by atoms with Crippen molar-refractivity contribution in [3.63, 3.8) is 0 Å². The molecule has 0 atom stereocenters. The number of piperidine rings is 1. The summed E-state index contributed by atoms with van der Waals surface area (Å²) in [6.07, 6.45) is 3.24. The topological polar surface area (TPSA) is 64.7 Å². The molecule has 1 aromatic rings. The van der Waals surface area contributed by atoms with E-state index < -0.39 is 0 Å². The number of carbonyl (C=O) groups is 2. The summed E-state index contributed by atoms with van der Waals surface area (Å²) >= 11 is 0. The zero-order valence-electron chi connectivity index (χ0n) is 16.2. The van der Waals surface area contributed by atoms with E-state index in [1.54, 1.807) is 14.1 Å². The van der Waals surface area contributed by atoms with Crippen LogP contribution in [0, 0.1) is 12.8 Å². The summed E-state index contributed by atoms with van der Waals surface area (Å²) in [6.45, 7) is 4.54. The van der Waals surface area contributed by atoms with Gasteiger partial charge >= 0.3 is 6.03 Å². The van der Waals surface area contributed by atoms with Crippen LogP contribution in [0.3, 0.4) is 0 Å². The molecule has 0 aromatic heterocycles. The first kappa shape index (κ1) is 22.3. The van der Waals surface area contributed by atoms with E-state index in [2.05, 4.69) is 10.6 Å². The van der Waals surface area contributed by atoms with Crippen LogP contribution in [0.25, 0.3) is 0 Å². The molecule has 3 amide bonds. The van der Waals surface area contributed by atoms with Crippen LogP contribution >= 0.6 is 12.4 Å². The number of benzene rings is 1. The summed E-state index contributed by atoms with van der Waals surface area (Å²) in [6, 6.07) is 5.35. The zero-order valence-corrected chi connectivity index (χ0v) is 17.0. The standard InChI is InChI=1S/C19H30N4O2.ClH/c1-14-5-6-17(21-19(25)22(3)4)16(13-14)18(24)23-11-8-15(9-12-23)7-10-20-2;/h5-6,13,15,20H,7-12H2,1-4H3,(H,21,25);1H. The van der Waals surface area contributed by atoms with Gasteiger partial charge in [-0.3, -0.25) is 4.79 Å². The second kappa shape index (κ2) is 10.4. The van der Waals surface area contributed by atoms with Gasteiger partial charge in [0.05, 0.1) is 11.3 Å². The number of hydrogen-bond acceptors (Lipinski definition) is 3. The van der Waals surface area contributed by atoms with Crippen molar-refractivity contribution in [2.24, 2.45) is 5.92 Å². The van der Waals surface area contributed by atoms with Crippen LogP contribution in [0.5, 0.6) is 0 Å². The third-order valence-corrected chi connectivity index (χ3v) is 4.76. The molecule has 0 bridgehead atoms. The Bertz CT molecular complexity index is 614. The quantitative estimate of drug-likeness (QED) is 0.822. The van der Waals surface area contributed by atoms with Crippen molar-refractivity contribution >= 4 is 30.0 Å². The minimum Gasteiger partial charge on any atom is -0.339 e. The molecule has 0 aliphatic carbocycles. The lowest BCUT2D eigenvalue weighted by molar-refractivity contribution is 0.0688. The Morgan fingerprint density at radius 3 is 2.46 bits per heavy atom. The van der Waals surface area contributed by atoms with Crippen molar-refractivity contribution < 1.29 is 9.59 Å². The SMILES string of the molecule is CNCCC1CCN(C(=O)c2cc(C)ccc2NC(=O)N(C)C)CC1.Cl. The minimum atomic E-state index is -0.233. The fraction of sp³-hybridized carbons (Fsp3) is 0.579.